The zero-order chi connectivity index (χ0) is 24.1. The first-order valence-electron chi connectivity index (χ1n) is 10.2. The monoisotopic (exact) mass is 477 g/mol. The molecular weight excluding hydrogens is 456 g/mol. The number of sulfonamides is 1. The van der Waals surface area contributed by atoms with Crippen LogP contribution in [-0.2, 0) is 26.8 Å². The topological polar surface area (TPSA) is 104 Å². The molecule has 3 amide bonds. The van der Waals surface area contributed by atoms with Crippen LogP contribution < -0.4 is 9.62 Å². The van der Waals surface area contributed by atoms with Gasteiger partial charge in [-0.25, -0.2) is 22.0 Å². The van der Waals surface area contributed by atoms with E-state index in [1.54, 1.807) is 6.07 Å². The van der Waals surface area contributed by atoms with Gasteiger partial charge in [0.05, 0.1) is 18.5 Å². The number of hydrogen-bond donors (Lipinski definition) is 1. The molecule has 174 valence electrons. The normalized spacial score (nSPS) is 20.6. The standard InChI is InChI=1S/C22H21F2N3O5S/c1-22(16-11-15(23)6-7-17(16)24)20(29)26(21(30)25-22)12-19(28)14-5-8-18-13(10-14)4-3-9-27(18)33(2,31)32/h5-8,10-11H,3-4,9,12H2,1-2H3,(H,25,30). The zero-order valence-electron chi connectivity index (χ0n) is 17.9. The highest BCUT2D eigenvalue weighted by atomic mass is 32.2. The molecule has 2 aliphatic heterocycles. The van der Waals surface area contributed by atoms with Crippen molar-refractivity contribution in [1.29, 1.82) is 0 Å². The van der Waals surface area contributed by atoms with Gasteiger partial charge in [0.2, 0.25) is 10.0 Å². The first kappa shape index (κ1) is 22.8. The van der Waals surface area contributed by atoms with E-state index in [9.17, 15) is 31.6 Å². The number of halogens is 2. The average Bonchev–Trinajstić information content (AvgIpc) is 2.97. The number of imide groups is 1. The number of urea groups is 1. The van der Waals surface area contributed by atoms with Crippen molar-refractivity contribution in [2.24, 2.45) is 0 Å². The van der Waals surface area contributed by atoms with Crippen LogP contribution in [0.15, 0.2) is 36.4 Å². The average molecular weight is 477 g/mol. The van der Waals surface area contributed by atoms with Gasteiger partial charge in [-0.05, 0) is 61.7 Å². The minimum absolute atomic E-state index is 0.204. The summed E-state index contributed by atoms with van der Waals surface area (Å²) >= 11 is 0. The number of fused-ring (bicyclic) bond motifs is 1. The van der Waals surface area contributed by atoms with Gasteiger partial charge in [0.1, 0.15) is 17.2 Å². The molecule has 0 saturated carbocycles. The van der Waals surface area contributed by atoms with Crippen LogP contribution in [0.25, 0.3) is 0 Å². The predicted octanol–water partition coefficient (Wildman–Crippen LogP) is 2.33. The Kier molecular flexibility index (Phi) is 5.47. The summed E-state index contributed by atoms with van der Waals surface area (Å²) in [4.78, 5) is 39.0. The third kappa shape index (κ3) is 3.97. The number of carbonyl (C=O) groups excluding carboxylic acids is 3. The van der Waals surface area contributed by atoms with Crippen molar-refractivity contribution in [2.75, 3.05) is 23.7 Å². The van der Waals surface area contributed by atoms with E-state index in [0.717, 1.165) is 24.5 Å². The Morgan fingerprint density at radius 1 is 1.15 bits per heavy atom. The Balaban J connectivity index is 1.59. The third-order valence-corrected chi connectivity index (χ3v) is 7.10. The highest BCUT2D eigenvalue weighted by Crippen LogP contribution is 2.32. The van der Waals surface area contributed by atoms with Crippen LogP contribution in [0.3, 0.4) is 0 Å². The molecule has 2 aliphatic rings. The summed E-state index contributed by atoms with van der Waals surface area (Å²) in [6.07, 6.45) is 2.27. The summed E-state index contributed by atoms with van der Waals surface area (Å²) in [5.74, 6) is -3.08. The Labute approximate surface area is 189 Å². The molecule has 11 heteroatoms. The summed E-state index contributed by atoms with van der Waals surface area (Å²) in [7, 11) is -3.47. The molecule has 2 heterocycles. The fourth-order valence-corrected chi connectivity index (χ4v) is 5.22. The molecule has 0 bridgehead atoms. The van der Waals surface area contributed by atoms with Gasteiger partial charge in [-0.15, -0.1) is 0 Å². The maximum Gasteiger partial charge on any atom is 0.325 e. The fraction of sp³-hybridized carbons (Fsp3) is 0.318. The number of hydrogen-bond acceptors (Lipinski definition) is 5. The second kappa shape index (κ2) is 7.91. The van der Waals surface area contributed by atoms with Gasteiger partial charge in [-0.2, -0.15) is 0 Å². The first-order valence-corrected chi connectivity index (χ1v) is 12.0. The lowest BCUT2D eigenvalue weighted by Gasteiger charge is -2.29. The summed E-state index contributed by atoms with van der Waals surface area (Å²) in [5, 5.41) is 2.35. The van der Waals surface area contributed by atoms with Crippen LogP contribution in [0.2, 0.25) is 0 Å². The molecule has 2 aromatic rings. The van der Waals surface area contributed by atoms with Crippen molar-refractivity contribution in [3.63, 3.8) is 0 Å². The SMILES string of the molecule is CC1(c2cc(F)ccc2F)NC(=O)N(CC(=O)c2ccc3c(c2)CCCN3S(C)(=O)=O)C1=O. The minimum Gasteiger partial charge on any atom is -0.319 e. The van der Waals surface area contributed by atoms with Crippen molar-refractivity contribution in [1.82, 2.24) is 10.2 Å². The summed E-state index contributed by atoms with van der Waals surface area (Å²) in [6.45, 7) is 0.983. The summed E-state index contributed by atoms with van der Waals surface area (Å²) < 4.78 is 53.3. The van der Waals surface area contributed by atoms with Crippen LogP contribution in [0.5, 0.6) is 0 Å². The number of amides is 3. The number of aryl methyl sites for hydroxylation is 1. The number of nitrogens with one attached hydrogen (secondary N) is 1. The molecule has 33 heavy (non-hydrogen) atoms. The third-order valence-electron chi connectivity index (χ3n) is 5.92. The van der Waals surface area contributed by atoms with E-state index in [4.69, 9.17) is 0 Å². The number of benzene rings is 2. The zero-order valence-corrected chi connectivity index (χ0v) is 18.7. The highest BCUT2D eigenvalue weighted by Gasteiger charge is 2.50. The van der Waals surface area contributed by atoms with E-state index < -0.39 is 51.5 Å². The van der Waals surface area contributed by atoms with Crippen LogP contribution in [0, 0.1) is 11.6 Å². The van der Waals surface area contributed by atoms with Gasteiger partial charge < -0.3 is 5.32 Å². The van der Waals surface area contributed by atoms with Gasteiger partial charge in [-0.1, -0.05) is 0 Å². The van der Waals surface area contributed by atoms with E-state index in [2.05, 4.69) is 5.32 Å². The molecule has 1 atom stereocenters. The molecule has 0 aliphatic carbocycles. The number of carbonyl (C=O) groups is 3. The quantitative estimate of drug-likeness (QED) is 0.526. The van der Waals surface area contributed by atoms with Crippen molar-refractivity contribution >= 4 is 33.4 Å². The maximum atomic E-state index is 14.3. The Morgan fingerprint density at radius 2 is 1.88 bits per heavy atom. The Bertz CT molecular complexity index is 1300. The van der Waals surface area contributed by atoms with Crippen molar-refractivity contribution in [3.05, 3.63) is 64.7 Å². The van der Waals surface area contributed by atoms with Crippen LogP contribution in [0.1, 0.15) is 34.8 Å². The molecule has 1 unspecified atom stereocenters. The number of Topliss-reactive ketones (excluding diaryl/α,β-unsaturated/α-hetero) is 1. The number of anilines is 1. The lowest BCUT2D eigenvalue weighted by molar-refractivity contribution is -0.130. The summed E-state index contributed by atoms with van der Waals surface area (Å²) in [6, 6.07) is 6.20. The molecule has 1 saturated heterocycles. The Morgan fingerprint density at radius 3 is 2.58 bits per heavy atom. The molecule has 1 N–H and O–H groups in total. The van der Waals surface area contributed by atoms with Gasteiger partial charge in [-0.3, -0.25) is 18.8 Å². The second-order valence-corrected chi connectivity index (χ2v) is 10.2. The fourth-order valence-electron chi connectivity index (χ4n) is 4.22. The number of ketones is 1. The van der Waals surface area contributed by atoms with E-state index >= 15 is 0 Å². The van der Waals surface area contributed by atoms with E-state index in [-0.39, 0.29) is 11.1 Å². The van der Waals surface area contributed by atoms with Crippen LogP contribution >= 0.6 is 0 Å². The van der Waals surface area contributed by atoms with E-state index in [1.807, 2.05) is 0 Å². The van der Waals surface area contributed by atoms with E-state index in [1.165, 1.54) is 23.4 Å². The van der Waals surface area contributed by atoms with Gasteiger partial charge in [0.15, 0.2) is 5.78 Å². The largest absolute Gasteiger partial charge is 0.325 e. The lowest BCUT2D eigenvalue weighted by atomic mass is 9.91. The molecule has 2 aromatic carbocycles. The minimum atomic E-state index is -3.47. The Hall–Kier alpha value is -3.34. The maximum absolute atomic E-state index is 14.3. The molecular formula is C22H21F2N3O5S. The van der Waals surface area contributed by atoms with Crippen LogP contribution in [-0.4, -0.2) is 50.4 Å². The van der Waals surface area contributed by atoms with E-state index in [0.29, 0.717) is 35.5 Å². The van der Waals surface area contributed by atoms with Gasteiger partial charge >= 0.3 is 6.03 Å². The first-order chi connectivity index (χ1) is 15.4. The molecule has 0 radical (unpaired) electrons. The molecule has 1 fully saturated rings. The lowest BCUT2D eigenvalue weighted by Crippen LogP contribution is -2.42. The number of rotatable bonds is 5. The summed E-state index contributed by atoms with van der Waals surface area (Å²) in [5.41, 5.74) is -0.846. The number of nitrogens with zero attached hydrogens (tertiary/aromatic N) is 2. The van der Waals surface area contributed by atoms with Crippen molar-refractivity contribution < 1.29 is 31.6 Å². The second-order valence-electron chi connectivity index (χ2n) is 8.28. The van der Waals surface area contributed by atoms with Crippen molar-refractivity contribution in [2.45, 2.75) is 25.3 Å². The molecule has 8 nitrogen and oxygen atoms in total. The molecule has 4 rings (SSSR count). The van der Waals surface area contributed by atoms with Crippen molar-refractivity contribution in [3.8, 4) is 0 Å². The smallest absolute Gasteiger partial charge is 0.319 e. The van der Waals surface area contributed by atoms with Crippen LogP contribution in [0.4, 0.5) is 19.3 Å². The molecule has 0 aromatic heterocycles. The molecule has 0 spiro atoms. The van der Waals surface area contributed by atoms with Gasteiger partial charge in [0.25, 0.3) is 5.91 Å². The predicted molar refractivity (Wildman–Crippen MR) is 115 cm³/mol. The highest BCUT2D eigenvalue weighted by molar-refractivity contribution is 7.92. The van der Waals surface area contributed by atoms with Gasteiger partial charge in [0, 0.05) is 17.7 Å².